The summed E-state index contributed by atoms with van der Waals surface area (Å²) >= 11 is 20.9. The van der Waals surface area contributed by atoms with Gasteiger partial charge >= 0.3 is 6.04 Å². The van der Waals surface area contributed by atoms with Gasteiger partial charge in [-0.3, -0.25) is 18.9 Å². The highest BCUT2D eigenvalue weighted by Crippen LogP contribution is 2.32. The minimum Gasteiger partial charge on any atom is -0.383 e. The zero-order chi connectivity index (χ0) is 65.7. The number of fused-ring (bicyclic) bond motifs is 2. The van der Waals surface area contributed by atoms with Crippen molar-refractivity contribution in [2.45, 2.75) is 52.8 Å². The highest BCUT2D eigenvalue weighted by molar-refractivity contribution is 7.99. The molecular weight excluding hydrogens is 1310 g/mol. The standard InChI is InChI=1S/C17H20N8O.C12H12N6OS.C8H10N6S.C8H6N4S.C5H5ClN2S.C4H2Cl2N2/c1-10-6-20-17-14(15(18)23-25(17)7-10)12-5-13(22-9-21-12)24-4-2-3-11(8-24)16(19)26;1-7-4-14-12-10(11(13)17-18(12)5-7)8-3-9(20(2)19)16-6-15-8;1-15-5-2-4(11-3-12-5)6-7(9)13-14-8(6)10;1-10-7(4-9)6-3-8(13-2)12-5-11-6;1-9-5-2-4(6)7-3-8-5;5-3-1-4(6)8-2-7-3/h5-7,9,11H,2-4,8H2,1H3,(H2,18,23)(H2,19,26);3-6H,1-2H3,(H2,13,17);2-3H,1H3,(H5,9,10,13,14);3,5,7H,2H3;2-3H,1H3;1-2H. The van der Waals surface area contributed by atoms with E-state index in [1.807, 2.05) is 63.2 Å². The molecule has 12 heterocycles. The average molecular weight is 1360 g/mol. The Kier molecular flexibility index (Phi) is 25.2. The molecule has 11 aromatic rings. The molecule has 30 nitrogen and oxygen atoms in total. The number of thioether (sulfide) groups is 3. The van der Waals surface area contributed by atoms with E-state index in [-0.39, 0.29) is 11.8 Å². The summed E-state index contributed by atoms with van der Waals surface area (Å²) in [6, 6.07) is 11.2. The first-order valence-corrected chi connectivity index (χ1v) is 32.6. The van der Waals surface area contributed by atoms with Crippen LogP contribution in [0.5, 0.6) is 0 Å². The number of nitrogens with one attached hydrogen (secondary N) is 1. The van der Waals surface area contributed by atoms with Crippen molar-refractivity contribution in [3.8, 4) is 39.8 Å². The zero-order valence-corrected chi connectivity index (χ0v) is 54.6. The number of nitrogens with zero attached hydrogens (tertiary/aromatic N) is 22. The normalized spacial score (nSPS) is 12.9. The Balaban J connectivity index is 0.000000162. The molecule has 1 fully saturated rings. The van der Waals surface area contributed by atoms with Crippen LogP contribution in [-0.4, -0.2) is 147 Å². The number of aromatic amines is 1. The number of H-pyrrole nitrogens is 1. The number of halogens is 3. The molecule has 0 aliphatic carbocycles. The van der Waals surface area contributed by atoms with Gasteiger partial charge in [0.25, 0.3) is 0 Å². The van der Waals surface area contributed by atoms with Crippen LogP contribution < -0.4 is 33.6 Å². The third-order valence-electron chi connectivity index (χ3n) is 12.3. The number of hydrogen-bond acceptors (Lipinski definition) is 28. The van der Waals surface area contributed by atoms with Gasteiger partial charge in [-0.25, -0.2) is 85.4 Å². The van der Waals surface area contributed by atoms with Crippen LogP contribution in [0.25, 0.3) is 49.9 Å². The molecule has 0 bridgehead atoms. The molecule has 0 spiro atoms. The fourth-order valence-electron chi connectivity index (χ4n) is 8.03. The van der Waals surface area contributed by atoms with Gasteiger partial charge < -0.3 is 33.6 Å². The maximum absolute atomic E-state index is 11.5. The Hall–Kier alpha value is -9.55. The number of nitrogen functional groups attached to an aromatic ring is 4. The molecule has 1 amide bonds. The van der Waals surface area contributed by atoms with E-state index in [2.05, 4.69) is 99.9 Å². The van der Waals surface area contributed by atoms with Gasteiger partial charge in [0, 0.05) is 68.4 Å². The number of carbonyl (C=O) groups excluding carboxylic acids is 1. The van der Waals surface area contributed by atoms with Gasteiger partial charge in [0.2, 0.25) is 5.91 Å². The summed E-state index contributed by atoms with van der Waals surface area (Å²) in [6.45, 7) is 12.0. The zero-order valence-electron chi connectivity index (χ0n) is 49.0. The van der Waals surface area contributed by atoms with Crippen molar-refractivity contribution in [3.63, 3.8) is 0 Å². The van der Waals surface area contributed by atoms with Gasteiger partial charge in [-0.2, -0.15) is 10.4 Å². The van der Waals surface area contributed by atoms with Crippen molar-refractivity contribution in [2.75, 3.05) is 65.9 Å². The monoisotopic (exact) mass is 1360 g/mol. The first-order chi connectivity index (χ1) is 43.7. The summed E-state index contributed by atoms with van der Waals surface area (Å²) in [4.78, 5) is 73.3. The van der Waals surface area contributed by atoms with Gasteiger partial charge in [-0.1, -0.05) is 34.8 Å². The molecule has 91 heavy (non-hydrogen) atoms. The number of amides is 1. The predicted octanol–water partition coefficient (Wildman–Crippen LogP) is 7.66. The van der Waals surface area contributed by atoms with Crippen molar-refractivity contribution < 1.29 is 9.00 Å². The number of piperidine rings is 1. The number of aromatic nitrogens is 20. The molecule has 1 aliphatic rings. The van der Waals surface area contributed by atoms with E-state index in [0.29, 0.717) is 101 Å². The van der Waals surface area contributed by atoms with E-state index < -0.39 is 16.8 Å². The third-order valence-corrected chi connectivity index (χ3v) is 15.6. The number of carbonyl (C=O) groups is 1. The number of primary amides is 1. The molecule has 0 saturated carbocycles. The summed E-state index contributed by atoms with van der Waals surface area (Å²) in [5, 5.41) is 27.8. The highest BCUT2D eigenvalue weighted by Gasteiger charge is 2.26. The average Bonchev–Trinajstić information content (AvgIpc) is 1.69. The summed E-state index contributed by atoms with van der Waals surface area (Å²) in [7, 11) is -1.18. The van der Waals surface area contributed by atoms with Crippen LogP contribution in [0.2, 0.25) is 15.5 Å². The number of rotatable bonds is 10. The first-order valence-electron chi connectivity index (χ1n) is 26.2. The van der Waals surface area contributed by atoms with E-state index in [4.69, 9.17) is 75.3 Å². The van der Waals surface area contributed by atoms with E-state index in [0.717, 1.165) is 51.4 Å². The van der Waals surface area contributed by atoms with Crippen molar-refractivity contribution in [3.05, 3.63) is 143 Å². The lowest BCUT2D eigenvalue weighted by Crippen LogP contribution is -2.41. The van der Waals surface area contributed by atoms with Crippen molar-refractivity contribution in [1.82, 2.24) is 99.2 Å². The molecule has 3 atom stereocenters. The lowest BCUT2D eigenvalue weighted by Gasteiger charge is -2.32. The Morgan fingerprint density at radius 2 is 1.16 bits per heavy atom. The lowest BCUT2D eigenvalue weighted by molar-refractivity contribution is -0.122. The van der Waals surface area contributed by atoms with Crippen LogP contribution in [0.1, 0.15) is 35.7 Å². The van der Waals surface area contributed by atoms with Gasteiger partial charge in [0.15, 0.2) is 34.8 Å². The highest BCUT2D eigenvalue weighted by atomic mass is 35.5. The Morgan fingerprint density at radius 3 is 1.65 bits per heavy atom. The number of nitriles is 1. The molecular formula is C54H55Cl3N28O2S4. The van der Waals surface area contributed by atoms with Gasteiger partial charge in [-0.15, -0.1) is 45.5 Å². The van der Waals surface area contributed by atoms with Crippen molar-refractivity contribution in [2.24, 2.45) is 11.7 Å². The topological polar surface area (TPSA) is 439 Å². The molecule has 1 aliphatic heterocycles. The predicted molar refractivity (Wildman–Crippen MR) is 353 cm³/mol. The Bertz CT molecular complexity index is 4360. The minimum absolute atomic E-state index is 0.158. The maximum atomic E-state index is 11.5. The fraction of sp³-hybridized carbons (Fsp3) is 0.222. The lowest BCUT2D eigenvalue weighted by atomic mass is 9.97. The van der Waals surface area contributed by atoms with Crippen LogP contribution in [0.3, 0.4) is 0 Å². The third kappa shape index (κ3) is 19.0. The second-order valence-corrected chi connectivity index (χ2v) is 23.5. The molecule has 0 radical (unpaired) electrons. The Morgan fingerprint density at radius 1 is 0.670 bits per heavy atom. The van der Waals surface area contributed by atoms with Gasteiger partial charge in [0.1, 0.15) is 80.8 Å². The number of nitrogens with two attached hydrogens (primary N) is 5. The summed E-state index contributed by atoms with van der Waals surface area (Å²) in [5.41, 5.74) is 36.4. The second-order valence-electron chi connectivity index (χ2n) is 18.5. The summed E-state index contributed by atoms with van der Waals surface area (Å²) < 4.78 is 14.8. The van der Waals surface area contributed by atoms with E-state index in [1.54, 1.807) is 57.6 Å². The molecule has 37 heteroatoms. The van der Waals surface area contributed by atoms with Crippen LogP contribution >= 0.6 is 70.1 Å². The summed E-state index contributed by atoms with van der Waals surface area (Å²) in [6.07, 6.45) is 24.7. The van der Waals surface area contributed by atoms with Crippen LogP contribution in [0, 0.1) is 37.7 Å². The molecule has 0 aromatic carbocycles. The molecule has 468 valence electrons. The van der Waals surface area contributed by atoms with Crippen LogP contribution in [0.15, 0.2) is 119 Å². The number of anilines is 5. The van der Waals surface area contributed by atoms with Crippen LogP contribution in [0.4, 0.5) is 29.1 Å². The second kappa shape index (κ2) is 33.3. The largest absolute Gasteiger partial charge is 0.383 e. The Labute approximate surface area is 550 Å². The van der Waals surface area contributed by atoms with Crippen molar-refractivity contribution in [1.29, 1.82) is 5.26 Å². The SMILES string of the molecule is CSc1cc(-c2c(N)n[nH]c2N)ncn1.CSc1cc(Cl)ncn1.Cc1cnc2c(-c3cc(N4CCCC(C(N)=O)C4)ncn3)c(N)nn2c1.Cc1cnc2c(-c3cc(S(C)=O)ncn3)c(N)nn2c1.Clc1cc(Cl)ncn1.[C-]#[N+]C(C#N)c1cc(SC)ncn1. The fourth-order valence-corrected chi connectivity index (χ4v) is 10.2. The van der Waals surface area contributed by atoms with Crippen molar-refractivity contribution >= 4 is 127 Å². The van der Waals surface area contributed by atoms with Gasteiger partial charge in [0.05, 0.1) is 60.5 Å². The quantitative estimate of drug-likeness (QED) is 0.0434. The summed E-state index contributed by atoms with van der Waals surface area (Å²) in [5.74, 6) is 1.77. The maximum Gasteiger partial charge on any atom is 0.348 e. The molecule has 12 rings (SSSR count). The van der Waals surface area contributed by atoms with Crippen LogP contribution in [-0.2, 0) is 15.6 Å². The number of hydrogen-bond donors (Lipinski definition) is 6. The molecule has 1 saturated heterocycles. The minimum atomic E-state index is -1.18. The number of aryl methyl sites for hydroxylation is 2. The first kappa shape index (κ1) is 68.9. The van der Waals surface area contributed by atoms with E-state index >= 15 is 0 Å². The van der Waals surface area contributed by atoms with E-state index in [1.165, 1.54) is 67.6 Å². The molecule has 11 aromatic heterocycles. The van der Waals surface area contributed by atoms with E-state index in [9.17, 15) is 9.00 Å². The van der Waals surface area contributed by atoms with Gasteiger partial charge in [-0.05, 0) is 68.7 Å². The smallest absolute Gasteiger partial charge is 0.348 e. The molecule has 3 unspecified atom stereocenters. The molecule has 11 N–H and O–H groups in total.